The highest BCUT2D eigenvalue weighted by molar-refractivity contribution is 7.99. The third-order valence-electron chi connectivity index (χ3n) is 5.30. The first-order chi connectivity index (χ1) is 17.2. The van der Waals surface area contributed by atoms with E-state index >= 15 is 0 Å². The molecule has 1 heterocycles. The second-order valence-electron chi connectivity index (χ2n) is 7.97. The molecule has 0 bridgehead atoms. The van der Waals surface area contributed by atoms with Crippen LogP contribution in [0.5, 0.6) is 11.5 Å². The molecule has 0 radical (unpaired) electrons. The van der Waals surface area contributed by atoms with Crippen LogP contribution in [0.4, 0.5) is 17.6 Å². The number of para-hydroxylation sites is 1. The maximum atomic E-state index is 14.8. The van der Waals surface area contributed by atoms with E-state index < -0.39 is 28.4 Å². The van der Waals surface area contributed by atoms with Crippen LogP contribution in [0.15, 0.2) is 71.9 Å². The van der Waals surface area contributed by atoms with Crippen LogP contribution >= 0.6 is 11.8 Å². The first kappa shape index (κ1) is 26.1. The number of alkyl halides is 3. The van der Waals surface area contributed by atoms with Gasteiger partial charge in [0.15, 0.2) is 0 Å². The Bertz CT molecular complexity index is 1400. The topological polar surface area (TPSA) is 52.1 Å². The van der Waals surface area contributed by atoms with Gasteiger partial charge in [0.05, 0.1) is 16.8 Å². The molecule has 1 unspecified atom stereocenters. The Labute approximate surface area is 212 Å². The molecule has 0 spiro atoms. The van der Waals surface area contributed by atoms with E-state index in [9.17, 15) is 21.8 Å². The van der Waals surface area contributed by atoms with Crippen molar-refractivity contribution in [1.29, 1.82) is 0 Å². The number of ether oxygens (including phenoxy) is 1. The molecule has 0 saturated carbocycles. The molecule has 0 aliphatic heterocycles. The molecule has 0 aliphatic rings. The van der Waals surface area contributed by atoms with Gasteiger partial charge in [0.2, 0.25) is 0 Å². The summed E-state index contributed by atoms with van der Waals surface area (Å²) in [5, 5.41) is 0.0914. The fourth-order valence-electron chi connectivity index (χ4n) is 3.64. The lowest BCUT2D eigenvalue weighted by atomic mass is 10.0. The fourth-order valence-corrected chi connectivity index (χ4v) is 5.21. The maximum Gasteiger partial charge on any atom is 0.418 e. The zero-order valence-electron chi connectivity index (χ0n) is 19.2. The van der Waals surface area contributed by atoms with Gasteiger partial charge in [-0.2, -0.15) is 13.2 Å². The fraction of sp³-hybridized carbons (Fsp3) is 0.231. The molecular formula is C26H22F4N2O2S2. The van der Waals surface area contributed by atoms with Gasteiger partial charge < -0.3 is 4.74 Å². The Morgan fingerprint density at radius 1 is 0.972 bits per heavy atom. The van der Waals surface area contributed by atoms with Crippen LogP contribution in [0.2, 0.25) is 0 Å². The van der Waals surface area contributed by atoms with Crippen molar-refractivity contribution >= 4 is 33.5 Å². The van der Waals surface area contributed by atoms with E-state index in [1.807, 2.05) is 18.2 Å². The van der Waals surface area contributed by atoms with Crippen LogP contribution in [0.1, 0.15) is 18.4 Å². The molecule has 0 amide bonds. The Balaban J connectivity index is 1.57. The first-order valence-electron chi connectivity index (χ1n) is 11.0. The predicted octanol–water partition coefficient (Wildman–Crippen LogP) is 7.50. The van der Waals surface area contributed by atoms with Gasteiger partial charge in [0, 0.05) is 38.7 Å². The number of hydrogen-bond acceptors (Lipinski definition) is 5. The number of unbranched alkanes of at least 4 members (excludes halogenated alkanes) is 1. The van der Waals surface area contributed by atoms with E-state index in [0.29, 0.717) is 17.3 Å². The molecule has 0 fully saturated rings. The highest BCUT2D eigenvalue weighted by Gasteiger charge is 2.33. The molecule has 0 saturated heterocycles. The zero-order valence-corrected chi connectivity index (χ0v) is 20.9. The van der Waals surface area contributed by atoms with E-state index in [1.165, 1.54) is 30.3 Å². The second-order valence-corrected chi connectivity index (χ2v) is 10.7. The monoisotopic (exact) mass is 534 g/mol. The molecular weight excluding hydrogens is 512 g/mol. The van der Waals surface area contributed by atoms with E-state index in [2.05, 4.69) is 9.97 Å². The van der Waals surface area contributed by atoms with Crippen LogP contribution in [0.25, 0.3) is 22.2 Å². The molecule has 188 valence electrons. The van der Waals surface area contributed by atoms with Crippen LogP contribution in [0.3, 0.4) is 0 Å². The number of nitrogens with zero attached hydrogens (tertiary/aromatic N) is 2. The Hall–Kier alpha value is -2.98. The average Bonchev–Trinajstić information content (AvgIpc) is 2.84. The van der Waals surface area contributed by atoms with Crippen molar-refractivity contribution in [1.82, 2.24) is 9.97 Å². The smallest absolute Gasteiger partial charge is 0.418 e. The average molecular weight is 535 g/mol. The lowest BCUT2D eigenvalue weighted by Crippen LogP contribution is -2.07. The van der Waals surface area contributed by atoms with E-state index in [0.717, 1.165) is 35.9 Å². The van der Waals surface area contributed by atoms with Crippen molar-refractivity contribution < 1.29 is 26.5 Å². The molecule has 4 nitrogen and oxygen atoms in total. The summed E-state index contributed by atoms with van der Waals surface area (Å²) in [6.07, 6.45) is -0.0700. The summed E-state index contributed by atoms with van der Waals surface area (Å²) in [4.78, 5) is 8.89. The van der Waals surface area contributed by atoms with Crippen molar-refractivity contribution in [3.63, 3.8) is 0 Å². The summed E-state index contributed by atoms with van der Waals surface area (Å²) < 4.78 is 72.3. The van der Waals surface area contributed by atoms with Gasteiger partial charge in [-0.3, -0.25) is 4.21 Å². The van der Waals surface area contributed by atoms with E-state index in [1.54, 1.807) is 24.1 Å². The summed E-state index contributed by atoms with van der Waals surface area (Å²) in [7, 11) is -0.785. The van der Waals surface area contributed by atoms with Crippen molar-refractivity contribution in [2.24, 2.45) is 0 Å². The number of rotatable bonds is 9. The Morgan fingerprint density at radius 2 is 1.75 bits per heavy atom. The lowest BCUT2D eigenvalue weighted by Gasteiger charge is -2.13. The summed E-state index contributed by atoms with van der Waals surface area (Å²) in [5.41, 5.74) is -1.14. The normalized spacial score (nSPS) is 12.6. The lowest BCUT2D eigenvalue weighted by molar-refractivity contribution is -0.136. The number of aromatic nitrogens is 2. The molecule has 36 heavy (non-hydrogen) atoms. The van der Waals surface area contributed by atoms with Gasteiger partial charge in [0.1, 0.15) is 23.6 Å². The SMILES string of the molecule is CS(=O)CCCCSc1cccc(Oc2ccc(F)c(-c3ncnc4c(C(F)(F)F)cccc34)c2)c1. The van der Waals surface area contributed by atoms with Crippen molar-refractivity contribution in [3.05, 3.63) is 78.4 Å². The van der Waals surface area contributed by atoms with E-state index in [-0.39, 0.29) is 22.2 Å². The van der Waals surface area contributed by atoms with Crippen LogP contribution < -0.4 is 4.74 Å². The van der Waals surface area contributed by atoms with Gasteiger partial charge in [-0.1, -0.05) is 18.2 Å². The minimum Gasteiger partial charge on any atom is -0.457 e. The molecule has 4 aromatic rings. The second kappa shape index (κ2) is 11.4. The number of thioether (sulfide) groups is 1. The largest absolute Gasteiger partial charge is 0.457 e. The summed E-state index contributed by atoms with van der Waals surface area (Å²) >= 11 is 1.66. The molecule has 0 aliphatic carbocycles. The van der Waals surface area contributed by atoms with Crippen LogP contribution in [0, 0.1) is 5.82 Å². The van der Waals surface area contributed by atoms with E-state index in [4.69, 9.17) is 4.74 Å². The quantitative estimate of drug-likeness (QED) is 0.126. The highest BCUT2D eigenvalue weighted by Crippen LogP contribution is 2.38. The summed E-state index contributed by atoms with van der Waals surface area (Å²) in [6.45, 7) is 0. The Morgan fingerprint density at radius 3 is 2.53 bits per heavy atom. The van der Waals surface area contributed by atoms with Gasteiger partial charge in [-0.25, -0.2) is 14.4 Å². The Kier molecular flexibility index (Phi) is 8.25. The van der Waals surface area contributed by atoms with Crippen molar-refractivity contribution in [3.8, 4) is 22.8 Å². The van der Waals surface area contributed by atoms with Gasteiger partial charge in [-0.15, -0.1) is 11.8 Å². The molecule has 3 aromatic carbocycles. The highest BCUT2D eigenvalue weighted by atomic mass is 32.2. The number of halogens is 4. The predicted molar refractivity (Wildman–Crippen MR) is 135 cm³/mol. The van der Waals surface area contributed by atoms with Gasteiger partial charge in [-0.05, 0) is 61.1 Å². The van der Waals surface area contributed by atoms with Gasteiger partial charge in [0.25, 0.3) is 0 Å². The van der Waals surface area contributed by atoms with Gasteiger partial charge >= 0.3 is 6.18 Å². The van der Waals surface area contributed by atoms with Crippen LogP contribution in [-0.4, -0.2) is 31.9 Å². The molecule has 10 heteroatoms. The minimum atomic E-state index is -4.60. The number of benzene rings is 3. The van der Waals surface area contributed by atoms with Crippen molar-refractivity contribution in [2.75, 3.05) is 17.8 Å². The first-order valence-corrected chi connectivity index (χ1v) is 13.8. The molecule has 0 N–H and O–H groups in total. The summed E-state index contributed by atoms with van der Waals surface area (Å²) in [6, 6.07) is 15.1. The third kappa shape index (κ3) is 6.41. The van der Waals surface area contributed by atoms with Crippen LogP contribution in [-0.2, 0) is 17.0 Å². The maximum absolute atomic E-state index is 14.8. The minimum absolute atomic E-state index is 0.0121. The molecule has 1 aromatic heterocycles. The molecule has 1 atom stereocenters. The third-order valence-corrected chi connectivity index (χ3v) is 7.24. The summed E-state index contributed by atoms with van der Waals surface area (Å²) in [5.74, 6) is 1.78. The number of fused-ring (bicyclic) bond motifs is 1. The number of hydrogen-bond donors (Lipinski definition) is 0. The molecule has 4 rings (SSSR count). The zero-order chi connectivity index (χ0) is 25.7. The standard InChI is InChI=1S/C26H22F4N2O2S2/c1-36(33)13-3-2-12-35-19-7-4-6-17(14-19)34-18-10-11-23(27)21(15-18)24-20-8-5-9-22(26(28,29)30)25(20)32-16-31-24/h4-11,14-16H,2-3,12-13H2,1H3. The van der Waals surface area contributed by atoms with Crippen molar-refractivity contribution in [2.45, 2.75) is 23.9 Å².